The van der Waals surface area contributed by atoms with E-state index >= 15 is 0 Å². The van der Waals surface area contributed by atoms with Crippen LogP contribution in [0.25, 0.3) is 0 Å². The van der Waals surface area contributed by atoms with Gasteiger partial charge in [-0.05, 0) is 30.7 Å². The number of hydrogen-bond donors (Lipinski definition) is 1. The van der Waals surface area contributed by atoms with E-state index in [4.69, 9.17) is 4.99 Å². The van der Waals surface area contributed by atoms with Crippen LogP contribution < -0.4 is 5.32 Å². The van der Waals surface area contributed by atoms with Gasteiger partial charge in [0, 0.05) is 39.3 Å². The van der Waals surface area contributed by atoms with Gasteiger partial charge in [-0.2, -0.15) is 0 Å². The highest BCUT2D eigenvalue weighted by Crippen LogP contribution is 2.34. The van der Waals surface area contributed by atoms with Crippen molar-refractivity contribution < 1.29 is 8.42 Å². The summed E-state index contributed by atoms with van der Waals surface area (Å²) in [5.74, 6) is 2.81. The summed E-state index contributed by atoms with van der Waals surface area (Å²) in [6, 6.07) is 10.9. The van der Waals surface area contributed by atoms with Gasteiger partial charge in [-0.1, -0.05) is 43.7 Å². The van der Waals surface area contributed by atoms with E-state index in [2.05, 4.69) is 59.3 Å². The van der Waals surface area contributed by atoms with Crippen LogP contribution in [-0.2, 0) is 9.84 Å². The molecule has 1 N–H and O–H groups in total. The molecule has 0 amide bonds. The zero-order valence-corrected chi connectivity index (χ0v) is 21.4. The molecular weight excluding hydrogens is 511 g/mol. The van der Waals surface area contributed by atoms with Gasteiger partial charge in [0.15, 0.2) is 15.8 Å². The predicted molar refractivity (Wildman–Crippen MR) is 136 cm³/mol. The summed E-state index contributed by atoms with van der Waals surface area (Å²) in [7, 11) is -2.82. The first-order valence-electron chi connectivity index (χ1n) is 11.0. The molecule has 0 aliphatic carbocycles. The summed E-state index contributed by atoms with van der Waals surface area (Å²) < 4.78 is 23.2. The number of likely N-dealkylation sites (tertiary alicyclic amines) is 1. The Bertz CT molecular complexity index is 759. The molecule has 2 fully saturated rings. The van der Waals surface area contributed by atoms with Crippen LogP contribution in [0, 0.1) is 5.92 Å². The molecule has 8 heteroatoms. The standard InChI is InChI=1S/C22H36N4O2S.HI/c1-3-19-18-26(12-10-21(19)20-8-6-5-7-9-20)22(23-4-2)24-11-13-25-14-16-29(27,28)17-15-25;/h5-9,19,21H,3-4,10-18H2,1-2H3,(H,23,24);1H. The summed E-state index contributed by atoms with van der Waals surface area (Å²) in [5.41, 5.74) is 1.46. The van der Waals surface area contributed by atoms with Gasteiger partial charge < -0.3 is 10.2 Å². The predicted octanol–water partition coefficient (Wildman–Crippen LogP) is 2.82. The second-order valence-electron chi connectivity index (χ2n) is 8.15. The minimum Gasteiger partial charge on any atom is -0.357 e. The van der Waals surface area contributed by atoms with Crippen molar-refractivity contribution in [1.82, 2.24) is 15.1 Å². The molecule has 30 heavy (non-hydrogen) atoms. The van der Waals surface area contributed by atoms with Gasteiger partial charge in [-0.25, -0.2) is 8.42 Å². The maximum Gasteiger partial charge on any atom is 0.193 e. The average molecular weight is 549 g/mol. The number of nitrogens with one attached hydrogen (secondary N) is 1. The largest absolute Gasteiger partial charge is 0.357 e. The van der Waals surface area contributed by atoms with Crippen molar-refractivity contribution in [1.29, 1.82) is 0 Å². The Morgan fingerprint density at radius 3 is 2.47 bits per heavy atom. The molecule has 3 rings (SSSR count). The van der Waals surface area contributed by atoms with Gasteiger partial charge in [-0.3, -0.25) is 9.89 Å². The molecule has 0 aromatic heterocycles. The first-order chi connectivity index (χ1) is 14.0. The fourth-order valence-electron chi connectivity index (χ4n) is 4.47. The lowest BCUT2D eigenvalue weighted by Crippen LogP contribution is -2.48. The van der Waals surface area contributed by atoms with Crippen molar-refractivity contribution >= 4 is 39.8 Å². The highest BCUT2D eigenvalue weighted by molar-refractivity contribution is 14.0. The van der Waals surface area contributed by atoms with Gasteiger partial charge in [0.2, 0.25) is 0 Å². The van der Waals surface area contributed by atoms with Crippen LogP contribution in [0.2, 0.25) is 0 Å². The maximum absolute atomic E-state index is 11.6. The van der Waals surface area contributed by atoms with E-state index in [0.29, 0.717) is 31.5 Å². The van der Waals surface area contributed by atoms with E-state index in [-0.39, 0.29) is 35.5 Å². The molecule has 1 aromatic carbocycles. The molecule has 6 nitrogen and oxygen atoms in total. The smallest absolute Gasteiger partial charge is 0.193 e. The fourth-order valence-corrected chi connectivity index (χ4v) is 5.75. The quantitative estimate of drug-likeness (QED) is 0.337. The number of rotatable bonds is 6. The van der Waals surface area contributed by atoms with Crippen molar-refractivity contribution in [2.45, 2.75) is 32.6 Å². The van der Waals surface area contributed by atoms with Crippen LogP contribution in [0.4, 0.5) is 0 Å². The van der Waals surface area contributed by atoms with Crippen molar-refractivity contribution in [3.63, 3.8) is 0 Å². The minimum atomic E-state index is -2.82. The van der Waals surface area contributed by atoms with Gasteiger partial charge in [0.05, 0.1) is 18.1 Å². The van der Waals surface area contributed by atoms with Crippen LogP contribution >= 0.6 is 24.0 Å². The molecule has 0 spiro atoms. The molecular formula is C22H37IN4O2S. The number of aliphatic imine (C=N–C) groups is 1. The summed E-state index contributed by atoms with van der Waals surface area (Å²) in [6.07, 6.45) is 2.31. The molecule has 170 valence electrons. The summed E-state index contributed by atoms with van der Waals surface area (Å²) >= 11 is 0. The number of halogens is 1. The monoisotopic (exact) mass is 548 g/mol. The van der Waals surface area contributed by atoms with Crippen LogP contribution in [-0.4, -0.2) is 81.5 Å². The Hall–Kier alpha value is -0.870. The van der Waals surface area contributed by atoms with Gasteiger partial charge >= 0.3 is 0 Å². The van der Waals surface area contributed by atoms with Crippen LogP contribution in [0.3, 0.4) is 0 Å². The zero-order valence-electron chi connectivity index (χ0n) is 18.3. The van der Waals surface area contributed by atoms with Crippen LogP contribution in [0.15, 0.2) is 35.3 Å². The molecule has 2 unspecified atom stereocenters. The normalized spacial score (nSPS) is 24.9. The third-order valence-corrected chi connectivity index (χ3v) is 7.84. The van der Waals surface area contributed by atoms with Gasteiger partial charge in [0.1, 0.15) is 0 Å². The maximum atomic E-state index is 11.6. The third-order valence-electron chi connectivity index (χ3n) is 6.24. The van der Waals surface area contributed by atoms with E-state index < -0.39 is 9.84 Å². The molecule has 0 bridgehead atoms. The van der Waals surface area contributed by atoms with E-state index in [9.17, 15) is 8.42 Å². The Morgan fingerprint density at radius 2 is 1.83 bits per heavy atom. The summed E-state index contributed by atoms with van der Waals surface area (Å²) in [6.45, 7) is 10.1. The SMILES string of the molecule is CCNC(=NCCN1CCS(=O)(=O)CC1)N1CCC(c2ccccc2)C(CC)C1.I. The van der Waals surface area contributed by atoms with Crippen molar-refractivity contribution in [3.05, 3.63) is 35.9 Å². The number of benzene rings is 1. The number of guanidine groups is 1. The van der Waals surface area contributed by atoms with Crippen LogP contribution in [0.5, 0.6) is 0 Å². The lowest BCUT2D eigenvalue weighted by molar-refractivity contribution is 0.215. The van der Waals surface area contributed by atoms with E-state index in [1.165, 1.54) is 5.56 Å². The van der Waals surface area contributed by atoms with Crippen molar-refractivity contribution in [2.75, 3.05) is 57.3 Å². The highest BCUT2D eigenvalue weighted by Gasteiger charge is 2.30. The molecule has 2 saturated heterocycles. The number of hydrogen-bond acceptors (Lipinski definition) is 4. The Labute approximate surface area is 199 Å². The van der Waals surface area contributed by atoms with Crippen LogP contribution in [0.1, 0.15) is 38.2 Å². The van der Waals surface area contributed by atoms with E-state index in [1.54, 1.807) is 0 Å². The number of piperidine rings is 1. The lowest BCUT2D eigenvalue weighted by atomic mass is 9.79. The highest BCUT2D eigenvalue weighted by atomic mass is 127. The van der Waals surface area contributed by atoms with Gasteiger partial charge in [-0.15, -0.1) is 24.0 Å². The third kappa shape index (κ3) is 7.09. The molecule has 2 aliphatic rings. The average Bonchev–Trinajstić information content (AvgIpc) is 2.74. The van der Waals surface area contributed by atoms with Gasteiger partial charge in [0.25, 0.3) is 0 Å². The molecule has 2 atom stereocenters. The zero-order chi connectivity index (χ0) is 20.7. The van der Waals surface area contributed by atoms with E-state index in [0.717, 1.165) is 45.0 Å². The molecule has 0 radical (unpaired) electrons. The molecule has 0 saturated carbocycles. The summed E-state index contributed by atoms with van der Waals surface area (Å²) in [5, 5.41) is 3.46. The lowest BCUT2D eigenvalue weighted by Gasteiger charge is -2.40. The Kier molecular flexibility index (Phi) is 10.4. The van der Waals surface area contributed by atoms with E-state index in [1.807, 2.05) is 0 Å². The molecule has 2 heterocycles. The molecule has 2 aliphatic heterocycles. The first kappa shape index (κ1) is 25.4. The topological polar surface area (TPSA) is 65.0 Å². The minimum absolute atomic E-state index is 0. The number of nitrogens with zero attached hydrogens (tertiary/aromatic N) is 3. The Morgan fingerprint density at radius 1 is 1.13 bits per heavy atom. The second-order valence-corrected chi connectivity index (χ2v) is 10.5. The second kappa shape index (κ2) is 12.2. The fraction of sp³-hybridized carbons (Fsp3) is 0.682. The Balaban J connectivity index is 0.00000320. The van der Waals surface area contributed by atoms with Crippen molar-refractivity contribution in [3.8, 4) is 0 Å². The summed E-state index contributed by atoms with van der Waals surface area (Å²) in [4.78, 5) is 9.50. The van der Waals surface area contributed by atoms with Crippen molar-refractivity contribution in [2.24, 2.45) is 10.9 Å². The molecule has 1 aromatic rings. The number of sulfone groups is 1. The first-order valence-corrected chi connectivity index (χ1v) is 12.9.